The summed E-state index contributed by atoms with van der Waals surface area (Å²) in [6.45, 7) is 1.82. The second kappa shape index (κ2) is 6.59. The van der Waals surface area contributed by atoms with Gasteiger partial charge in [-0.2, -0.15) is 0 Å². The molecule has 0 radical (unpaired) electrons. The molecule has 110 valence electrons. The zero-order valence-corrected chi connectivity index (χ0v) is 12.9. The quantitative estimate of drug-likeness (QED) is 0.894. The van der Waals surface area contributed by atoms with E-state index in [1.165, 1.54) is 11.3 Å². The molecule has 6 heteroatoms. The number of rotatable bonds is 4. The number of carbonyl (C=O) groups excluding carboxylic acids is 1. The van der Waals surface area contributed by atoms with E-state index in [4.69, 9.17) is 11.6 Å². The van der Waals surface area contributed by atoms with Crippen LogP contribution in [0.2, 0.25) is 5.02 Å². The zero-order valence-electron chi connectivity index (χ0n) is 11.3. The molecule has 1 unspecified atom stereocenters. The van der Waals surface area contributed by atoms with Gasteiger partial charge in [0.25, 0.3) is 5.91 Å². The van der Waals surface area contributed by atoms with Gasteiger partial charge in [-0.25, -0.2) is 4.79 Å². The lowest BCUT2D eigenvalue weighted by molar-refractivity contribution is -0.141. The van der Waals surface area contributed by atoms with Crippen LogP contribution in [0, 0.1) is 12.8 Å². The van der Waals surface area contributed by atoms with E-state index < -0.39 is 12.0 Å². The van der Waals surface area contributed by atoms with Crippen LogP contribution in [0.5, 0.6) is 0 Å². The summed E-state index contributed by atoms with van der Waals surface area (Å²) in [7, 11) is 0. The number of hydrogen-bond acceptors (Lipinski definition) is 3. The fourth-order valence-electron chi connectivity index (χ4n) is 2.64. The van der Waals surface area contributed by atoms with E-state index in [0.29, 0.717) is 9.90 Å². The first-order chi connectivity index (χ1) is 9.50. The Morgan fingerprint density at radius 3 is 2.55 bits per heavy atom. The molecular weight excluding hydrogens is 298 g/mol. The Morgan fingerprint density at radius 2 is 2.05 bits per heavy atom. The van der Waals surface area contributed by atoms with Crippen molar-refractivity contribution in [3.63, 3.8) is 0 Å². The number of halogens is 1. The van der Waals surface area contributed by atoms with Gasteiger partial charge in [0, 0.05) is 0 Å². The second-order valence-electron chi connectivity index (χ2n) is 5.25. The van der Waals surface area contributed by atoms with Crippen molar-refractivity contribution in [1.29, 1.82) is 0 Å². The lowest BCUT2D eigenvalue weighted by atomic mass is 9.84. The van der Waals surface area contributed by atoms with Gasteiger partial charge in [-0.1, -0.05) is 30.9 Å². The van der Waals surface area contributed by atoms with Crippen molar-refractivity contribution in [3.05, 3.63) is 20.8 Å². The van der Waals surface area contributed by atoms with Crippen LogP contribution < -0.4 is 5.32 Å². The molecule has 0 aliphatic heterocycles. The Kier molecular flexibility index (Phi) is 5.05. The molecular formula is C14H18ClNO3S. The topological polar surface area (TPSA) is 66.4 Å². The lowest BCUT2D eigenvalue weighted by Gasteiger charge is -2.27. The van der Waals surface area contributed by atoms with Crippen LogP contribution >= 0.6 is 22.9 Å². The number of nitrogens with one attached hydrogen (secondary N) is 1. The van der Waals surface area contributed by atoms with Gasteiger partial charge in [-0.3, -0.25) is 4.79 Å². The maximum absolute atomic E-state index is 12.2. The van der Waals surface area contributed by atoms with Crippen LogP contribution in [0.15, 0.2) is 5.38 Å². The van der Waals surface area contributed by atoms with E-state index in [-0.39, 0.29) is 11.8 Å². The van der Waals surface area contributed by atoms with E-state index >= 15 is 0 Å². The second-order valence-corrected chi connectivity index (χ2v) is 6.51. The molecule has 1 aromatic rings. The maximum Gasteiger partial charge on any atom is 0.326 e. The van der Waals surface area contributed by atoms with Gasteiger partial charge in [-0.15, -0.1) is 11.3 Å². The van der Waals surface area contributed by atoms with Crippen molar-refractivity contribution < 1.29 is 14.7 Å². The normalized spacial score (nSPS) is 17.7. The van der Waals surface area contributed by atoms with Crippen molar-refractivity contribution in [2.45, 2.75) is 45.1 Å². The van der Waals surface area contributed by atoms with Gasteiger partial charge in [0.1, 0.15) is 10.9 Å². The minimum atomic E-state index is -0.963. The molecule has 1 saturated carbocycles. The summed E-state index contributed by atoms with van der Waals surface area (Å²) in [5.74, 6) is -1.33. The standard InChI is InChI=1S/C14H18ClNO3S/c1-8-7-20-12(10(8)15)13(17)16-11(14(18)19)9-5-3-2-4-6-9/h7,9,11H,2-6H2,1H3,(H,16,17)(H,18,19). The van der Waals surface area contributed by atoms with Gasteiger partial charge in [0.15, 0.2) is 0 Å². The summed E-state index contributed by atoms with van der Waals surface area (Å²) in [5.41, 5.74) is 0.839. The molecule has 0 spiro atoms. The first kappa shape index (κ1) is 15.3. The molecule has 4 nitrogen and oxygen atoms in total. The maximum atomic E-state index is 12.2. The van der Waals surface area contributed by atoms with Gasteiger partial charge in [0.2, 0.25) is 0 Å². The number of thiophene rings is 1. The van der Waals surface area contributed by atoms with Gasteiger partial charge in [-0.05, 0) is 36.6 Å². The average molecular weight is 316 g/mol. The van der Waals surface area contributed by atoms with E-state index in [1.54, 1.807) is 5.38 Å². The number of carboxylic acid groups (broad SMARTS) is 1. The molecule has 0 saturated heterocycles. The Hall–Kier alpha value is -1.07. The Bertz CT molecular complexity index is 509. The van der Waals surface area contributed by atoms with Crippen LogP contribution in [-0.2, 0) is 4.79 Å². The molecule has 1 fully saturated rings. The molecule has 20 heavy (non-hydrogen) atoms. The van der Waals surface area contributed by atoms with Crippen molar-refractivity contribution in [2.75, 3.05) is 0 Å². The van der Waals surface area contributed by atoms with Crippen molar-refractivity contribution in [1.82, 2.24) is 5.32 Å². The fourth-order valence-corrected chi connectivity index (χ4v) is 3.82. The van der Waals surface area contributed by atoms with Crippen molar-refractivity contribution >= 4 is 34.8 Å². The molecule has 1 aliphatic carbocycles. The van der Waals surface area contributed by atoms with E-state index in [1.807, 2.05) is 6.92 Å². The fraction of sp³-hybridized carbons (Fsp3) is 0.571. The number of carbonyl (C=O) groups is 2. The van der Waals surface area contributed by atoms with Gasteiger partial charge >= 0.3 is 5.97 Å². The first-order valence-electron chi connectivity index (χ1n) is 6.78. The Balaban J connectivity index is 2.09. The molecule has 2 N–H and O–H groups in total. The molecule has 1 aliphatic rings. The molecule has 1 atom stereocenters. The number of amides is 1. The molecule has 1 aromatic heterocycles. The number of aryl methyl sites for hydroxylation is 1. The third-order valence-corrected chi connectivity index (χ3v) is 5.47. The summed E-state index contributed by atoms with van der Waals surface area (Å²) in [4.78, 5) is 24.0. The third-order valence-electron chi connectivity index (χ3n) is 3.78. The highest BCUT2D eigenvalue weighted by Crippen LogP contribution is 2.29. The number of hydrogen-bond donors (Lipinski definition) is 2. The predicted molar refractivity (Wildman–Crippen MR) is 79.5 cm³/mol. The van der Waals surface area contributed by atoms with E-state index in [9.17, 15) is 14.7 Å². The van der Waals surface area contributed by atoms with E-state index in [0.717, 1.165) is 37.7 Å². The van der Waals surface area contributed by atoms with Crippen molar-refractivity contribution in [3.8, 4) is 0 Å². The third kappa shape index (κ3) is 3.33. The minimum absolute atomic E-state index is 0.0186. The number of carboxylic acids is 1. The lowest BCUT2D eigenvalue weighted by Crippen LogP contribution is -2.46. The molecule has 0 aromatic carbocycles. The summed E-state index contributed by atoms with van der Waals surface area (Å²) < 4.78 is 0. The highest BCUT2D eigenvalue weighted by atomic mass is 35.5. The molecule has 0 bridgehead atoms. The summed E-state index contributed by atoms with van der Waals surface area (Å²) in [6, 6.07) is -0.818. The summed E-state index contributed by atoms with van der Waals surface area (Å²) >= 11 is 7.30. The van der Waals surface area contributed by atoms with Crippen LogP contribution in [0.25, 0.3) is 0 Å². The van der Waals surface area contributed by atoms with Crippen LogP contribution in [-0.4, -0.2) is 23.0 Å². The van der Waals surface area contributed by atoms with Crippen LogP contribution in [0.3, 0.4) is 0 Å². The first-order valence-corrected chi connectivity index (χ1v) is 8.03. The largest absolute Gasteiger partial charge is 0.480 e. The average Bonchev–Trinajstić information content (AvgIpc) is 2.77. The molecule has 1 heterocycles. The smallest absolute Gasteiger partial charge is 0.326 e. The van der Waals surface area contributed by atoms with Crippen molar-refractivity contribution in [2.24, 2.45) is 5.92 Å². The monoisotopic (exact) mass is 315 g/mol. The predicted octanol–water partition coefficient (Wildman–Crippen LogP) is 3.47. The zero-order chi connectivity index (χ0) is 14.7. The minimum Gasteiger partial charge on any atom is -0.480 e. The van der Waals surface area contributed by atoms with Crippen LogP contribution in [0.1, 0.15) is 47.3 Å². The van der Waals surface area contributed by atoms with Gasteiger partial charge in [0.05, 0.1) is 5.02 Å². The SMILES string of the molecule is Cc1csc(C(=O)NC(C(=O)O)C2CCCCC2)c1Cl. The molecule has 1 amide bonds. The Labute approximate surface area is 127 Å². The highest BCUT2D eigenvalue weighted by molar-refractivity contribution is 7.13. The highest BCUT2D eigenvalue weighted by Gasteiger charge is 2.31. The molecule has 2 rings (SSSR count). The van der Waals surface area contributed by atoms with E-state index in [2.05, 4.69) is 5.32 Å². The Morgan fingerprint density at radius 1 is 1.40 bits per heavy atom. The summed E-state index contributed by atoms with van der Waals surface area (Å²) in [5, 5.41) is 14.2. The van der Waals surface area contributed by atoms with Crippen LogP contribution in [0.4, 0.5) is 0 Å². The summed E-state index contributed by atoms with van der Waals surface area (Å²) in [6.07, 6.45) is 4.92. The van der Waals surface area contributed by atoms with Gasteiger partial charge < -0.3 is 10.4 Å². The number of aliphatic carboxylic acids is 1.